The molecule has 112 valence electrons. The first-order valence-electron chi connectivity index (χ1n) is 7.72. The van der Waals surface area contributed by atoms with Crippen LogP contribution in [0.15, 0.2) is 10.2 Å². The largest absolute Gasteiger partial charge is 0.299 e. The summed E-state index contributed by atoms with van der Waals surface area (Å²) in [6.45, 7) is 11.9. The monoisotopic (exact) mass is 277 g/mol. The van der Waals surface area contributed by atoms with E-state index in [0.717, 1.165) is 0 Å². The van der Waals surface area contributed by atoms with Crippen molar-refractivity contribution < 1.29 is 4.79 Å². The highest BCUT2D eigenvalue weighted by Gasteiger charge is 2.60. The number of hydrogen-bond acceptors (Lipinski definition) is 4. The van der Waals surface area contributed by atoms with Crippen LogP contribution in [-0.2, 0) is 4.79 Å². The van der Waals surface area contributed by atoms with Crippen molar-refractivity contribution in [2.75, 3.05) is 0 Å². The molecule has 4 nitrogen and oxygen atoms in total. The summed E-state index contributed by atoms with van der Waals surface area (Å²) in [6, 6.07) is 2.41. The Morgan fingerprint density at radius 1 is 1.15 bits per heavy atom. The Labute approximate surface area is 122 Å². The van der Waals surface area contributed by atoms with Crippen LogP contribution in [0.1, 0.15) is 67.2 Å². The highest BCUT2D eigenvalue weighted by atomic mass is 16.1. The fraction of sp³-hybridized carbons (Fsp3) is 0.875. The quantitative estimate of drug-likeness (QED) is 0.655. The Hall–Kier alpha value is -1.24. The van der Waals surface area contributed by atoms with Gasteiger partial charge in [-0.1, -0.05) is 34.6 Å². The Kier molecular flexibility index (Phi) is 4.74. The first kappa shape index (κ1) is 16.8. The molecule has 0 radical (unpaired) electrons. The van der Waals surface area contributed by atoms with Crippen molar-refractivity contribution in [3.8, 4) is 6.07 Å². The summed E-state index contributed by atoms with van der Waals surface area (Å²) in [5.41, 5.74) is -1.71. The van der Waals surface area contributed by atoms with Crippen molar-refractivity contribution in [2.24, 2.45) is 27.0 Å². The van der Waals surface area contributed by atoms with E-state index in [1.54, 1.807) is 0 Å². The van der Waals surface area contributed by atoms with Crippen LogP contribution in [0.3, 0.4) is 0 Å². The second-order valence-corrected chi connectivity index (χ2v) is 6.07. The van der Waals surface area contributed by atoms with Crippen LogP contribution in [0.2, 0.25) is 0 Å². The van der Waals surface area contributed by atoms with Gasteiger partial charge in [0, 0.05) is 5.92 Å². The van der Waals surface area contributed by atoms with E-state index in [4.69, 9.17) is 0 Å². The molecule has 0 aromatic heterocycles. The van der Waals surface area contributed by atoms with Gasteiger partial charge in [0.25, 0.3) is 0 Å². The van der Waals surface area contributed by atoms with Crippen LogP contribution in [0, 0.1) is 28.1 Å². The lowest BCUT2D eigenvalue weighted by Crippen LogP contribution is -2.49. The zero-order valence-electron chi connectivity index (χ0n) is 13.7. The molecule has 0 saturated heterocycles. The topological polar surface area (TPSA) is 65.6 Å². The predicted molar refractivity (Wildman–Crippen MR) is 79.1 cm³/mol. The molecule has 1 aliphatic heterocycles. The van der Waals surface area contributed by atoms with Crippen LogP contribution in [-0.4, -0.2) is 11.4 Å². The smallest absolute Gasteiger partial charge is 0.200 e. The number of nitrogens with zero attached hydrogens (tertiary/aromatic N) is 3. The highest BCUT2D eigenvalue weighted by molar-refractivity contribution is 5.89. The maximum Gasteiger partial charge on any atom is 0.200 e. The molecule has 20 heavy (non-hydrogen) atoms. The zero-order valence-corrected chi connectivity index (χ0v) is 13.7. The number of nitriles is 1. The lowest BCUT2D eigenvalue weighted by Gasteiger charge is -2.39. The molecule has 0 amide bonds. The minimum absolute atomic E-state index is 0.153. The van der Waals surface area contributed by atoms with Crippen molar-refractivity contribution in [3.63, 3.8) is 0 Å². The van der Waals surface area contributed by atoms with Gasteiger partial charge in [-0.2, -0.15) is 15.5 Å². The molecule has 1 unspecified atom stereocenters. The van der Waals surface area contributed by atoms with E-state index in [9.17, 15) is 10.1 Å². The molecule has 1 aliphatic rings. The molecule has 0 aromatic carbocycles. The van der Waals surface area contributed by atoms with Gasteiger partial charge < -0.3 is 0 Å². The molecule has 0 N–H and O–H groups in total. The average Bonchev–Trinajstić information content (AvgIpc) is 3.22. The summed E-state index contributed by atoms with van der Waals surface area (Å²) in [6.07, 6.45) is 2.82. The third kappa shape index (κ3) is 2.17. The van der Waals surface area contributed by atoms with Crippen LogP contribution in [0.25, 0.3) is 0 Å². The zero-order chi connectivity index (χ0) is 15.6. The summed E-state index contributed by atoms with van der Waals surface area (Å²) < 4.78 is 0. The second-order valence-electron chi connectivity index (χ2n) is 6.07. The average molecular weight is 277 g/mol. The van der Waals surface area contributed by atoms with E-state index in [2.05, 4.69) is 16.3 Å². The van der Waals surface area contributed by atoms with Crippen LogP contribution < -0.4 is 0 Å². The standard InChI is InChI=1S/C16H27N3O/c1-7-15(8-2,11-17)12(5)13(20)16(9-3,10-4)14(6)18-19-14/h12H,7-10H2,1-6H3. The summed E-state index contributed by atoms with van der Waals surface area (Å²) in [7, 11) is 0. The first-order valence-corrected chi connectivity index (χ1v) is 7.72. The second kappa shape index (κ2) is 5.63. The van der Waals surface area contributed by atoms with E-state index in [0.29, 0.717) is 25.7 Å². The lowest BCUT2D eigenvalue weighted by molar-refractivity contribution is -0.138. The summed E-state index contributed by atoms with van der Waals surface area (Å²) in [5, 5.41) is 17.8. The summed E-state index contributed by atoms with van der Waals surface area (Å²) in [5.74, 6) is -0.134. The molecular formula is C16H27N3O. The molecule has 0 bridgehead atoms. The number of rotatable bonds is 8. The molecule has 1 atom stereocenters. The van der Waals surface area contributed by atoms with Crippen molar-refractivity contribution in [2.45, 2.75) is 72.9 Å². The number of hydrogen-bond donors (Lipinski definition) is 0. The van der Waals surface area contributed by atoms with E-state index >= 15 is 0 Å². The normalized spacial score (nSPS) is 18.4. The predicted octanol–water partition coefficient (Wildman–Crippen LogP) is 4.51. The fourth-order valence-corrected chi connectivity index (χ4v) is 3.55. The maximum atomic E-state index is 13.2. The molecule has 1 rings (SSSR count). The van der Waals surface area contributed by atoms with Gasteiger partial charge in [-0.3, -0.25) is 4.79 Å². The van der Waals surface area contributed by atoms with Crippen molar-refractivity contribution in [3.05, 3.63) is 0 Å². The SMILES string of the molecule is CCC(C#N)(CC)C(C)C(=O)C(CC)(CC)C1(C)N=N1. The van der Waals surface area contributed by atoms with E-state index in [1.807, 2.05) is 41.5 Å². The molecule has 0 aliphatic carbocycles. The third-order valence-electron chi connectivity index (χ3n) is 5.69. The van der Waals surface area contributed by atoms with Gasteiger partial charge in [-0.25, -0.2) is 0 Å². The molecular weight excluding hydrogens is 250 g/mol. The minimum Gasteiger partial charge on any atom is -0.299 e. The Morgan fingerprint density at radius 3 is 1.85 bits per heavy atom. The molecule has 1 heterocycles. The maximum absolute atomic E-state index is 13.2. The van der Waals surface area contributed by atoms with Crippen LogP contribution >= 0.6 is 0 Å². The van der Waals surface area contributed by atoms with Gasteiger partial charge in [0.15, 0.2) is 0 Å². The van der Waals surface area contributed by atoms with E-state index in [1.165, 1.54) is 0 Å². The van der Waals surface area contributed by atoms with E-state index < -0.39 is 16.5 Å². The van der Waals surface area contributed by atoms with Crippen LogP contribution in [0.4, 0.5) is 0 Å². The Bertz CT molecular complexity index is 433. The van der Waals surface area contributed by atoms with Crippen LogP contribution in [0.5, 0.6) is 0 Å². The van der Waals surface area contributed by atoms with Crippen molar-refractivity contribution in [1.29, 1.82) is 5.26 Å². The van der Waals surface area contributed by atoms with Gasteiger partial charge in [0.2, 0.25) is 5.66 Å². The minimum atomic E-state index is -0.579. The summed E-state index contributed by atoms with van der Waals surface area (Å²) in [4.78, 5) is 13.2. The molecule has 0 saturated carbocycles. The molecule has 0 aromatic rings. The van der Waals surface area contributed by atoms with Crippen molar-refractivity contribution in [1.82, 2.24) is 0 Å². The summed E-state index contributed by atoms with van der Waals surface area (Å²) >= 11 is 0. The number of carbonyl (C=O) groups excluding carboxylic acids is 1. The Morgan fingerprint density at radius 2 is 1.60 bits per heavy atom. The lowest BCUT2D eigenvalue weighted by atomic mass is 9.61. The molecule has 0 spiro atoms. The number of Topliss-reactive ketones (excluding diaryl/α,β-unsaturated/α-hetero) is 1. The van der Waals surface area contributed by atoms with Gasteiger partial charge >= 0.3 is 0 Å². The van der Waals surface area contributed by atoms with E-state index in [-0.39, 0.29) is 11.7 Å². The third-order valence-corrected chi connectivity index (χ3v) is 5.69. The van der Waals surface area contributed by atoms with Gasteiger partial charge in [-0.15, -0.1) is 0 Å². The fourth-order valence-electron chi connectivity index (χ4n) is 3.55. The van der Waals surface area contributed by atoms with Crippen molar-refractivity contribution >= 4 is 5.78 Å². The van der Waals surface area contributed by atoms with Gasteiger partial charge in [-0.05, 0) is 32.6 Å². The number of ketones is 1. The van der Waals surface area contributed by atoms with Gasteiger partial charge in [0.05, 0.1) is 16.9 Å². The number of carbonyl (C=O) groups is 1. The Balaban J connectivity index is 3.18. The van der Waals surface area contributed by atoms with Gasteiger partial charge in [0.1, 0.15) is 5.78 Å². The first-order chi connectivity index (χ1) is 9.33. The highest BCUT2D eigenvalue weighted by Crippen LogP contribution is 2.53. The molecule has 4 heteroatoms. The molecule has 0 fully saturated rings.